The molecule has 1 amide bonds. The monoisotopic (exact) mass is 344 g/mol. The Morgan fingerprint density at radius 1 is 1.53 bits per heavy atom. The number of aromatic nitrogens is 3. The SMILES string of the molecule is COc1n[nH]c(NC(=O)c2cccc(I)c2)n1. The number of methoxy groups -OCH3 is 1. The van der Waals surface area contributed by atoms with Gasteiger partial charge in [-0.3, -0.25) is 10.1 Å². The van der Waals surface area contributed by atoms with Gasteiger partial charge in [0, 0.05) is 9.13 Å². The van der Waals surface area contributed by atoms with Gasteiger partial charge in [0.1, 0.15) is 0 Å². The second-order valence-corrected chi connectivity index (χ2v) is 4.38. The van der Waals surface area contributed by atoms with Crippen LogP contribution in [0.3, 0.4) is 0 Å². The molecule has 0 aliphatic heterocycles. The van der Waals surface area contributed by atoms with E-state index in [0.717, 1.165) is 3.57 Å². The quantitative estimate of drug-likeness (QED) is 0.831. The summed E-state index contributed by atoms with van der Waals surface area (Å²) >= 11 is 2.14. The van der Waals surface area contributed by atoms with E-state index in [0.29, 0.717) is 5.56 Å². The van der Waals surface area contributed by atoms with E-state index >= 15 is 0 Å². The van der Waals surface area contributed by atoms with Crippen LogP contribution in [0.25, 0.3) is 0 Å². The molecule has 0 atom stereocenters. The highest BCUT2D eigenvalue weighted by molar-refractivity contribution is 14.1. The van der Waals surface area contributed by atoms with Gasteiger partial charge in [0.05, 0.1) is 7.11 Å². The Bertz CT molecular complexity index is 541. The third-order valence-corrected chi connectivity index (χ3v) is 2.64. The fraction of sp³-hybridized carbons (Fsp3) is 0.100. The minimum Gasteiger partial charge on any atom is -0.466 e. The van der Waals surface area contributed by atoms with Crippen molar-refractivity contribution >= 4 is 34.4 Å². The molecule has 1 heterocycles. The number of hydrogen-bond donors (Lipinski definition) is 2. The number of halogens is 1. The maximum absolute atomic E-state index is 11.8. The van der Waals surface area contributed by atoms with Crippen LogP contribution in [0.1, 0.15) is 10.4 Å². The zero-order chi connectivity index (χ0) is 12.3. The van der Waals surface area contributed by atoms with E-state index in [9.17, 15) is 4.79 Å². The zero-order valence-corrected chi connectivity index (χ0v) is 11.1. The largest absolute Gasteiger partial charge is 0.466 e. The first-order valence-corrected chi connectivity index (χ1v) is 5.80. The number of aromatic amines is 1. The molecular weight excluding hydrogens is 335 g/mol. The molecule has 1 aromatic heterocycles. The Morgan fingerprint density at radius 2 is 2.35 bits per heavy atom. The summed E-state index contributed by atoms with van der Waals surface area (Å²) in [5.74, 6) is 0.00744. The second-order valence-electron chi connectivity index (χ2n) is 3.14. The smallest absolute Gasteiger partial charge is 0.336 e. The average molecular weight is 344 g/mol. The van der Waals surface area contributed by atoms with Gasteiger partial charge in [0.2, 0.25) is 5.95 Å². The summed E-state index contributed by atoms with van der Waals surface area (Å²) in [6.07, 6.45) is 0. The first kappa shape index (κ1) is 11.8. The molecule has 0 bridgehead atoms. The number of hydrogen-bond acceptors (Lipinski definition) is 4. The summed E-state index contributed by atoms with van der Waals surface area (Å²) in [5.41, 5.74) is 0.562. The van der Waals surface area contributed by atoms with Crippen LogP contribution >= 0.6 is 22.6 Å². The van der Waals surface area contributed by atoms with Crippen molar-refractivity contribution in [1.82, 2.24) is 15.2 Å². The molecule has 7 heteroatoms. The van der Waals surface area contributed by atoms with E-state index in [4.69, 9.17) is 4.74 Å². The molecule has 6 nitrogen and oxygen atoms in total. The Hall–Kier alpha value is -1.64. The second kappa shape index (κ2) is 5.13. The molecule has 2 N–H and O–H groups in total. The van der Waals surface area contributed by atoms with Gasteiger partial charge in [-0.25, -0.2) is 5.10 Å². The van der Waals surface area contributed by atoms with Gasteiger partial charge in [-0.05, 0) is 40.8 Å². The molecule has 2 aromatic rings. The maximum Gasteiger partial charge on any atom is 0.336 e. The molecule has 0 saturated heterocycles. The standard InChI is InChI=1S/C10H9IN4O2/c1-17-10-13-9(14-15-10)12-8(16)6-3-2-4-7(11)5-6/h2-5H,1H3,(H2,12,13,14,15,16). The van der Waals surface area contributed by atoms with E-state index in [1.165, 1.54) is 7.11 Å². The molecule has 0 aliphatic rings. The molecule has 2 rings (SSSR count). The number of nitrogens with zero attached hydrogens (tertiary/aromatic N) is 2. The predicted octanol–water partition coefficient (Wildman–Crippen LogP) is 1.67. The number of carbonyl (C=O) groups excluding carboxylic acids is 1. The number of amides is 1. The van der Waals surface area contributed by atoms with E-state index in [1.807, 2.05) is 12.1 Å². The third kappa shape index (κ3) is 2.93. The molecule has 0 unspecified atom stereocenters. The highest BCUT2D eigenvalue weighted by Gasteiger charge is 2.09. The van der Waals surface area contributed by atoms with Crippen LogP contribution in [-0.4, -0.2) is 28.2 Å². The van der Waals surface area contributed by atoms with Crippen LogP contribution in [0, 0.1) is 3.57 Å². The van der Waals surface area contributed by atoms with Gasteiger partial charge < -0.3 is 4.74 Å². The van der Waals surface area contributed by atoms with Crippen molar-refractivity contribution in [3.8, 4) is 6.01 Å². The summed E-state index contributed by atoms with van der Waals surface area (Å²) in [6, 6.07) is 7.42. The number of carbonyl (C=O) groups is 1. The predicted molar refractivity (Wildman–Crippen MR) is 70.0 cm³/mol. The van der Waals surface area contributed by atoms with Gasteiger partial charge in [-0.2, -0.15) is 4.98 Å². The summed E-state index contributed by atoms with van der Waals surface area (Å²) in [4.78, 5) is 15.7. The summed E-state index contributed by atoms with van der Waals surface area (Å²) in [5, 5.41) is 8.87. The number of nitrogens with one attached hydrogen (secondary N) is 2. The molecule has 0 spiro atoms. The van der Waals surface area contributed by atoms with Crippen LogP contribution in [0.15, 0.2) is 24.3 Å². The van der Waals surface area contributed by atoms with Crippen LogP contribution in [-0.2, 0) is 0 Å². The Morgan fingerprint density at radius 3 is 3.00 bits per heavy atom. The molecular formula is C10H9IN4O2. The minimum absolute atomic E-state index is 0.183. The summed E-state index contributed by atoms with van der Waals surface area (Å²) in [6.45, 7) is 0. The number of anilines is 1. The van der Waals surface area contributed by atoms with E-state index in [2.05, 4.69) is 43.1 Å². The van der Waals surface area contributed by atoms with Crippen LogP contribution in [0.5, 0.6) is 6.01 Å². The summed E-state index contributed by atoms with van der Waals surface area (Å²) < 4.78 is 5.79. The molecule has 1 aromatic carbocycles. The lowest BCUT2D eigenvalue weighted by Gasteiger charge is -2.01. The molecule has 0 aliphatic carbocycles. The topological polar surface area (TPSA) is 79.9 Å². The van der Waals surface area contributed by atoms with Gasteiger partial charge in [-0.1, -0.05) is 6.07 Å². The van der Waals surface area contributed by atoms with Crippen molar-refractivity contribution in [3.05, 3.63) is 33.4 Å². The fourth-order valence-electron chi connectivity index (χ4n) is 1.20. The average Bonchev–Trinajstić information content (AvgIpc) is 2.77. The van der Waals surface area contributed by atoms with Gasteiger partial charge in [-0.15, -0.1) is 5.10 Å². The highest BCUT2D eigenvalue weighted by atomic mass is 127. The minimum atomic E-state index is -0.248. The Kier molecular flexibility index (Phi) is 3.57. The van der Waals surface area contributed by atoms with Gasteiger partial charge in [0.15, 0.2) is 0 Å². The van der Waals surface area contributed by atoms with Crippen LogP contribution in [0.4, 0.5) is 5.95 Å². The zero-order valence-electron chi connectivity index (χ0n) is 8.90. The van der Waals surface area contributed by atoms with E-state index in [1.54, 1.807) is 12.1 Å². The van der Waals surface area contributed by atoms with Crippen LogP contribution in [0.2, 0.25) is 0 Å². The first-order valence-electron chi connectivity index (χ1n) is 4.72. The van der Waals surface area contributed by atoms with Gasteiger partial charge in [0.25, 0.3) is 5.91 Å². The maximum atomic E-state index is 11.8. The lowest BCUT2D eigenvalue weighted by molar-refractivity contribution is 0.102. The molecule has 17 heavy (non-hydrogen) atoms. The number of H-pyrrole nitrogens is 1. The van der Waals surface area contributed by atoms with Crippen molar-refractivity contribution in [1.29, 1.82) is 0 Å². The van der Waals surface area contributed by atoms with Crippen LogP contribution < -0.4 is 10.1 Å². The van der Waals surface area contributed by atoms with E-state index in [-0.39, 0.29) is 17.9 Å². The lowest BCUT2D eigenvalue weighted by Crippen LogP contribution is -2.13. The molecule has 88 valence electrons. The first-order chi connectivity index (χ1) is 8.19. The fourth-order valence-corrected chi connectivity index (χ4v) is 1.75. The Balaban J connectivity index is 2.11. The number of benzene rings is 1. The summed E-state index contributed by atoms with van der Waals surface area (Å²) in [7, 11) is 1.45. The van der Waals surface area contributed by atoms with Crippen molar-refractivity contribution in [2.45, 2.75) is 0 Å². The van der Waals surface area contributed by atoms with Gasteiger partial charge >= 0.3 is 6.01 Å². The normalized spacial score (nSPS) is 10.0. The molecule has 0 saturated carbocycles. The highest BCUT2D eigenvalue weighted by Crippen LogP contribution is 2.10. The lowest BCUT2D eigenvalue weighted by atomic mass is 10.2. The van der Waals surface area contributed by atoms with E-state index < -0.39 is 0 Å². The van der Waals surface area contributed by atoms with Crippen molar-refractivity contribution in [2.75, 3.05) is 12.4 Å². The number of ether oxygens (including phenoxy) is 1. The van der Waals surface area contributed by atoms with Crippen molar-refractivity contribution in [2.24, 2.45) is 0 Å². The van der Waals surface area contributed by atoms with Crippen molar-refractivity contribution < 1.29 is 9.53 Å². The third-order valence-electron chi connectivity index (χ3n) is 1.97. The Labute approximate surface area is 111 Å². The molecule has 0 radical (unpaired) electrons. The number of rotatable bonds is 3. The van der Waals surface area contributed by atoms with Crippen molar-refractivity contribution in [3.63, 3.8) is 0 Å². The molecule has 0 fully saturated rings.